The third-order valence-corrected chi connectivity index (χ3v) is 3.05. The van der Waals surface area contributed by atoms with Crippen molar-refractivity contribution in [3.05, 3.63) is 36.4 Å². The van der Waals surface area contributed by atoms with Gasteiger partial charge in [0.05, 0.1) is 0 Å². The van der Waals surface area contributed by atoms with Crippen LogP contribution in [0.5, 0.6) is 11.5 Å². The molecule has 3 N–H and O–H groups in total. The monoisotopic (exact) mass is 311 g/mol. The Morgan fingerprint density at radius 2 is 1.76 bits per heavy atom. The molecule has 0 fully saturated rings. The van der Waals surface area contributed by atoms with Gasteiger partial charge in [0, 0.05) is 23.4 Å². The third kappa shape index (κ3) is 4.77. The molecule has 4 nitrogen and oxygen atoms in total. The minimum absolute atomic E-state index is 0. The SMILES string of the molecule is CC(C)NCC(O)COc1ccc(O)c2ccccc12.Cl. The van der Waals surface area contributed by atoms with Crippen LogP contribution in [0, 0.1) is 0 Å². The highest BCUT2D eigenvalue weighted by Crippen LogP contribution is 2.32. The molecule has 1 atom stereocenters. The number of phenolic OH excluding ortho intramolecular Hbond substituents is 1. The molecule has 0 aliphatic carbocycles. The second-order valence-corrected chi connectivity index (χ2v) is 5.16. The van der Waals surface area contributed by atoms with Crippen LogP contribution in [0.15, 0.2) is 36.4 Å². The molecule has 0 amide bonds. The number of halogens is 1. The highest BCUT2D eigenvalue weighted by molar-refractivity contribution is 5.92. The van der Waals surface area contributed by atoms with Crippen molar-refractivity contribution in [2.45, 2.75) is 26.0 Å². The van der Waals surface area contributed by atoms with E-state index in [2.05, 4.69) is 5.32 Å². The van der Waals surface area contributed by atoms with Crippen LogP contribution in [-0.2, 0) is 0 Å². The van der Waals surface area contributed by atoms with Gasteiger partial charge in [-0.1, -0.05) is 38.1 Å². The molecular formula is C16H22ClNO3. The molecule has 0 bridgehead atoms. The van der Waals surface area contributed by atoms with Gasteiger partial charge in [-0.2, -0.15) is 0 Å². The van der Waals surface area contributed by atoms with E-state index in [1.807, 2.05) is 38.1 Å². The van der Waals surface area contributed by atoms with Crippen LogP contribution in [0.1, 0.15) is 13.8 Å². The van der Waals surface area contributed by atoms with Gasteiger partial charge in [0.1, 0.15) is 24.2 Å². The van der Waals surface area contributed by atoms with Gasteiger partial charge in [-0.05, 0) is 12.1 Å². The topological polar surface area (TPSA) is 61.7 Å². The zero-order valence-electron chi connectivity index (χ0n) is 12.2. The van der Waals surface area contributed by atoms with E-state index in [1.54, 1.807) is 12.1 Å². The van der Waals surface area contributed by atoms with Gasteiger partial charge >= 0.3 is 0 Å². The lowest BCUT2D eigenvalue weighted by Crippen LogP contribution is -2.35. The molecule has 2 aromatic rings. The molecule has 0 spiro atoms. The third-order valence-electron chi connectivity index (χ3n) is 3.05. The van der Waals surface area contributed by atoms with E-state index in [9.17, 15) is 10.2 Å². The predicted molar refractivity (Wildman–Crippen MR) is 87.5 cm³/mol. The Labute approximate surface area is 131 Å². The van der Waals surface area contributed by atoms with Crippen molar-refractivity contribution >= 4 is 23.2 Å². The number of fused-ring (bicyclic) bond motifs is 1. The number of aromatic hydroxyl groups is 1. The van der Waals surface area contributed by atoms with E-state index in [4.69, 9.17) is 4.74 Å². The number of hydrogen-bond donors (Lipinski definition) is 3. The summed E-state index contributed by atoms with van der Waals surface area (Å²) in [6, 6.07) is 11.2. The minimum atomic E-state index is -0.565. The minimum Gasteiger partial charge on any atom is -0.507 e. The summed E-state index contributed by atoms with van der Waals surface area (Å²) in [5.41, 5.74) is 0. The second-order valence-electron chi connectivity index (χ2n) is 5.16. The summed E-state index contributed by atoms with van der Waals surface area (Å²) in [5, 5.41) is 24.4. The molecule has 5 heteroatoms. The maximum Gasteiger partial charge on any atom is 0.127 e. The van der Waals surface area contributed by atoms with E-state index in [0.717, 1.165) is 10.8 Å². The standard InChI is InChI=1S/C16H21NO3.ClH/c1-11(2)17-9-12(18)10-20-16-8-7-15(19)13-5-3-4-6-14(13)16;/h3-8,11-12,17-19H,9-10H2,1-2H3;1H. The van der Waals surface area contributed by atoms with Gasteiger partial charge in [0.15, 0.2) is 0 Å². The molecule has 0 heterocycles. The van der Waals surface area contributed by atoms with Crippen LogP contribution in [0.25, 0.3) is 10.8 Å². The summed E-state index contributed by atoms with van der Waals surface area (Å²) in [4.78, 5) is 0. The van der Waals surface area contributed by atoms with Crippen molar-refractivity contribution in [2.75, 3.05) is 13.2 Å². The normalized spacial score (nSPS) is 12.2. The summed E-state index contributed by atoms with van der Waals surface area (Å²) in [6.07, 6.45) is -0.565. The van der Waals surface area contributed by atoms with Crippen LogP contribution in [-0.4, -0.2) is 35.5 Å². The first-order valence-electron chi connectivity index (χ1n) is 6.83. The molecule has 2 rings (SSSR count). The number of rotatable bonds is 6. The smallest absolute Gasteiger partial charge is 0.127 e. The van der Waals surface area contributed by atoms with Crippen LogP contribution in [0.3, 0.4) is 0 Å². The highest BCUT2D eigenvalue weighted by Gasteiger charge is 2.09. The number of benzene rings is 2. The molecule has 0 aliphatic rings. The quantitative estimate of drug-likeness (QED) is 0.767. The van der Waals surface area contributed by atoms with Crippen molar-refractivity contribution in [3.63, 3.8) is 0 Å². The largest absolute Gasteiger partial charge is 0.507 e. The van der Waals surface area contributed by atoms with E-state index in [-0.39, 0.29) is 24.8 Å². The van der Waals surface area contributed by atoms with Gasteiger partial charge in [0.25, 0.3) is 0 Å². The molecule has 0 aromatic heterocycles. The molecule has 116 valence electrons. The van der Waals surface area contributed by atoms with Crippen molar-refractivity contribution in [1.82, 2.24) is 5.32 Å². The first kappa shape index (κ1) is 17.6. The molecule has 2 aromatic carbocycles. The Morgan fingerprint density at radius 3 is 2.43 bits per heavy atom. The Morgan fingerprint density at radius 1 is 1.10 bits per heavy atom. The fourth-order valence-corrected chi connectivity index (χ4v) is 2.00. The summed E-state index contributed by atoms with van der Waals surface area (Å²) in [7, 11) is 0. The van der Waals surface area contributed by atoms with Crippen molar-refractivity contribution in [1.29, 1.82) is 0 Å². The van der Waals surface area contributed by atoms with Crippen molar-refractivity contribution in [3.8, 4) is 11.5 Å². The van der Waals surface area contributed by atoms with Gasteiger partial charge in [-0.15, -0.1) is 12.4 Å². The Balaban J connectivity index is 0.00000220. The number of nitrogens with one attached hydrogen (secondary N) is 1. The van der Waals surface area contributed by atoms with Gasteiger partial charge < -0.3 is 20.3 Å². The van der Waals surface area contributed by atoms with E-state index < -0.39 is 6.10 Å². The Hall–Kier alpha value is -1.49. The molecule has 0 aliphatic heterocycles. The lowest BCUT2D eigenvalue weighted by Gasteiger charge is -2.16. The number of hydrogen-bond acceptors (Lipinski definition) is 4. The van der Waals surface area contributed by atoms with Crippen LogP contribution in [0.4, 0.5) is 0 Å². The lowest BCUT2D eigenvalue weighted by molar-refractivity contribution is 0.105. The zero-order chi connectivity index (χ0) is 14.5. The Kier molecular flexibility index (Phi) is 6.75. The first-order chi connectivity index (χ1) is 9.58. The van der Waals surface area contributed by atoms with Gasteiger partial charge in [-0.25, -0.2) is 0 Å². The van der Waals surface area contributed by atoms with Crippen molar-refractivity contribution in [2.24, 2.45) is 0 Å². The number of aliphatic hydroxyl groups excluding tert-OH is 1. The van der Waals surface area contributed by atoms with E-state index in [0.29, 0.717) is 18.3 Å². The number of ether oxygens (including phenoxy) is 1. The van der Waals surface area contributed by atoms with Crippen LogP contribution >= 0.6 is 12.4 Å². The van der Waals surface area contributed by atoms with Crippen LogP contribution < -0.4 is 10.1 Å². The summed E-state index contributed by atoms with van der Waals surface area (Å²) in [6.45, 7) is 4.77. The molecule has 0 saturated carbocycles. The lowest BCUT2D eigenvalue weighted by atomic mass is 10.1. The fraction of sp³-hybridized carbons (Fsp3) is 0.375. The molecular weight excluding hydrogens is 290 g/mol. The first-order valence-corrected chi connectivity index (χ1v) is 6.83. The van der Waals surface area contributed by atoms with Gasteiger partial charge in [0.2, 0.25) is 0 Å². The molecule has 21 heavy (non-hydrogen) atoms. The summed E-state index contributed by atoms with van der Waals surface area (Å²) < 4.78 is 5.67. The fourth-order valence-electron chi connectivity index (χ4n) is 2.00. The number of phenols is 1. The van der Waals surface area contributed by atoms with Gasteiger partial charge in [-0.3, -0.25) is 0 Å². The average Bonchev–Trinajstić information content (AvgIpc) is 2.45. The van der Waals surface area contributed by atoms with Crippen molar-refractivity contribution < 1.29 is 14.9 Å². The van der Waals surface area contributed by atoms with E-state index in [1.165, 1.54) is 0 Å². The molecule has 1 unspecified atom stereocenters. The summed E-state index contributed by atoms with van der Waals surface area (Å²) >= 11 is 0. The molecule has 0 radical (unpaired) electrons. The Bertz CT molecular complexity index is 574. The zero-order valence-corrected chi connectivity index (χ0v) is 13.1. The molecule has 0 saturated heterocycles. The second kappa shape index (κ2) is 8.08. The van der Waals surface area contributed by atoms with E-state index >= 15 is 0 Å². The van der Waals surface area contributed by atoms with Crippen LogP contribution in [0.2, 0.25) is 0 Å². The predicted octanol–water partition coefficient (Wildman–Crippen LogP) is 2.70. The maximum absolute atomic E-state index is 9.85. The average molecular weight is 312 g/mol. The summed E-state index contributed by atoms with van der Waals surface area (Å²) in [5.74, 6) is 0.900. The number of aliphatic hydroxyl groups is 1. The highest BCUT2D eigenvalue weighted by atomic mass is 35.5. The maximum atomic E-state index is 9.85.